The summed E-state index contributed by atoms with van der Waals surface area (Å²) >= 11 is 6.07. The third-order valence-electron chi connectivity index (χ3n) is 2.69. The summed E-state index contributed by atoms with van der Waals surface area (Å²) in [7, 11) is 0. The van der Waals surface area contributed by atoms with E-state index in [4.69, 9.17) is 26.4 Å². The van der Waals surface area contributed by atoms with Crippen LogP contribution >= 0.6 is 24.2 Å². The minimum atomic E-state index is -0.141. The van der Waals surface area contributed by atoms with Crippen molar-refractivity contribution in [3.63, 3.8) is 0 Å². The Morgan fingerprint density at radius 2 is 2.29 bits per heavy atom. The highest BCUT2D eigenvalue weighted by Gasteiger charge is 2.29. The first-order valence-corrected chi connectivity index (χ1v) is 5.28. The van der Waals surface area contributed by atoms with Gasteiger partial charge in [-0.1, -0.05) is 0 Å². The zero-order chi connectivity index (χ0) is 11.1. The predicted molar refractivity (Wildman–Crippen MR) is 65.2 cm³/mol. The zero-order valence-corrected chi connectivity index (χ0v) is 10.4. The van der Waals surface area contributed by atoms with Gasteiger partial charge in [0.25, 0.3) is 0 Å². The molecular weight excluding hydrogens is 265 g/mol. The largest absolute Gasteiger partial charge is 0.469 e. The molecule has 0 bridgehead atoms. The van der Waals surface area contributed by atoms with Crippen molar-refractivity contribution >= 4 is 24.2 Å². The van der Waals surface area contributed by atoms with E-state index in [0.29, 0.717) is 0 Å². The molecule has 3 aliphatic rings. The molecule has 17 heavy (non-hydrogen) atoms. The number of aliphatic hydroxyl groups is 1. The SMILES string of the molecule is Cl.OCC1=CN(Cl)C2=CC3OCOC3=CC2=C1. The van der Waals surface area contributed by atoms with Crippen molar-refractivity contribution in [1.82, 2.24) is 4.42 Å². The van der Waals surface area contributed by atoms with Crippen LogP contribution in [-0.2, 0) is 9.47 Å². The first-order chi connectivity index (χ1) is 7.78. The molecule has 1 atom stereocenters. The highest BCUT2D eigenvalue weighted by molar-refractivity contribution is 6.15. The van der Waals surface area contributed by atoms with Crippen LogP contribution in [0, 0.1) is 0 Å². The van der Waals surface area contributed by atoms with Gasteiger partial charge in [0.05, 0.1) is 12.3 Å². The number of hydrogen-bond acceptors (Lipinski definition) is 4. The number of allylic oxidation sites excluding steroid dienone is 1. The number of fused-ring (bicyclic) bond motifs is 2. The number of ether oxygens (including phenoxy) is 2. The molecule has 1 saturated heterocycles. The summed E-state index contributed by atoms with van der Waals surface area (Å²) in [6.45, 7) is 0.236. The molecule has 6 heteroatoms. The van der Waals surface area contributed by atoms with Gasteiger partial charge < -0.3 is 14.6 Å². The summed E-state index contributed by atoms with van der Waals surface area (Å²) in [5.74, 6) is 0.791. The number of nitrogens with zero attached hydrogens (tertiary/aromatic N) is 1. The smallest absolute Gasteiger partial charge is 0.189 e. The lowest BCUT2D eigenvalue weighted by atomic mass is 9.98. The van der Waals surface area contributed by atoms with Gasteiger partial charge >= 0.3 is 0 Å². The van der Waals surface area contributed by atoms with Crippen LogP contribution in [0.2, 0.25) is 0 Å². The van der Waals surface area contributed by atoms with Crippen molar-refractivity contribution in [3.05, 3.63) is 47.0 Å². The van der Waals surface area contributed by atoms with Crippen LogP contribution in [-0.4, -0.2) is 29.0 Å². The number of rotatable bonds is 1. The summed E-state index contributed by atoms with van der Waals surface area (Å²) in [5, 5.41) is 9.09. The fourth-order valence-electron chi connectivity index (χ4n) is 1.91. The molecule has 1 fully saturated rings. The Labute approximate surface area is 110 Å². The maximum absolute atomic E-state index is 9.09. The van der Waals surface area contributed by atoms with E-state index >= 15 is 0 Å². The van der Waals surface area contributed by atoms with Gasteiger partial charge in [-0.05, 0) is 23.8 Å². The van der Waals surface area contributed by atoms with Crippen molar-refractivity contribution in [1.29, 1.82) is 0 Å². The Morgan fingerprint density at radius 1 is 1.47 bits per heavy atom. The van der Waals surface area contributed by atoms with Gasteiger partial charge in [-0.25, -0.2) is 0 Å². The third-order valence-corrected chi connectivity index (χ3v) is 2.97. The Hall–Kier alpha value is -0.940. The predicted octanol–water partition coefficient (Wildman–Crippen LogP) is 1.83. The molecule has 0 aromatic rings. The minimum absolute atomic E-state index is 0. The average Bonchev–Trinajstić information content (AvgIpc) is 2.73. The summed E-state index contributed by atoms with van der Waals surface area (Å²) in [5.41, 5.74) is 2.55. The molecular formula is C11H11Cl2NO3. The van der Waals surface area contributed by atoms with Gasteiger partial charge in [0.1, 0.15) is 11.9 Å². The molecule has 1 unspecified atom stereocenters. The highest BCUT2D eigenvalue weighted by Crippen LogP contribution is 2.35. The zero-order valence-electron chi connectivity index (χ0n) is 8.80. The second-order valence-electron chi connectivity index (χ2n) is 3.72. The van der Waals surface area contributed by atoms with Crippen LogP contribution in [0.15, 0.2) is 47.0 Å². The fraction of sp³-hybridized carbons (Fsp3) is 0.273. The van der Waals surface area contributed by atoms with E-state index < -0.39 is 0 Å². The normalized spacial score (nSPS) is 25.5. The average molecular weight is 276 g/mol. The van der Waals surface area contributed by atoms with Crippen LogP contribution in [0.1, 0.15) is 0 Å². The maximum atomic E-state index is 9.09. The van der Waals surface area contributed by atoms with E-state index in [1.807, 2.05) is 18.2 Å². The van der Waals surface area contributed by atoms with Crippen molar-refractivity contribution in [2.24, 2.45) is 0 Å². The monoisotopic (exact) mass is 275 g/mol. The van der Waals surface area contributed by atoms with Crippen molar-refractivity contribution in [3.8, 4) is 0 Å². The second kappa shape index (κ2) is 4.74. The van der Waals surface area contributed by atoms with E-state index in [9.17, 15) is 0 Å². The topological polar surface area (TPSA) is 41.9 Å². The first-order valence-electron chi connectivity index (χ1n) is 4.94. The van der Waals surface area contributed by atoms with Crippen LogP contribution in [0.25, 0.3) is 0 Å². The fourth-order valence-corrected chi connectivity index (χ4v) is 2.19. The molecule has 0 radical (unpaired) electrons. The molecule has 2 aliphatic heterocycles. The molecule has 3 rings (SSSR count). The van der Waals surface area contributed by atoms with Gasteiger partial charge in [0.2, 0.25) is 0 Å². The maximum Gasteiger partial charge on any atom is 0.189 e. The van der Waals surface area contributed by atoms with Crippen molar-refractivity contribution < 1.29 is 14.6 Å². The molecule has 0 saturated carbocycles. The standard InChI is InChI=1S/C11H10ClNO3.ClH/c12-13-4-7(5-14)1-8-2-10-11(3-9(8)13)16-6-15-10;/h1-4,11,14H,5-6H2;1H. The first kappa shape index (κ1) is 12.5. The van der Waals surface area contributed by atoms with Gasteiger partial charge in [0, 0.05) is 23.5 Å². The second-order valence-corrected chi connectivity index (χ2v) is 4.09. The molecule has 0 amide bonds. The van der Waals surface area contributed by atoms with Crippen LogP contribution in [0.5, 0.6) is 0 Å². The molecule has 0 aromatic heterocycles. The lowest BCUT2D eigenvalue weighted by Gasteiger charge is -2.26. The summed E-state index contributed by atoms with van der Waals surface area (Å²) < 4.78 is 12.1. The van der Waals surface area contributed by atoms with E-state index in [2.05, 4.69) is 0 Å². The van der Waals surface area contributed by atoms with Crippen LogP contribution < -0.4 is 0 Å². The highest BCUT2D eigenvalue weighted by atomic mass is 35.5. The minimum Gasteiger partial charge on any atom is -0.469 e. The summed E-state index contributed by atoms with van der Waals surface area (Å²) in [6.07, 6.45) is 7.23. The third kappa shape index (κ3) is 2.09. The van der Waals surface area contributed by atoms with Gasteiger partial charge in [0.15, 0.2) is 6.79 Å². The van der Waals surface area contributed by atoms with Gasteiger partial charge in [-0.2, -0.15) is 0 Å². The molecule has 1 aliphatic carbocycles. The summed E-state index contributed by atoms with van der Waals surface area (Å²) in [4.78, 5) is 0. The molecule has 1 N–H and O–H groups in total. The van der Waals surface area contributed by atoms with Gasteiger partial charge in [-0.3, -0.25) is 4.42 Å². The molecule has 0 aromatic carbocycles. The lowest BCUT2D eigenvalue weighted by Crippen LogP contribution is -2.19. The molecule has 4 nitrogen and oxygen atoms in total. The Bertz CT molecular complexity index is 454. The quantitative estimate of drug-likeness (QED) is 0.742. The Morgan fingerprint density at radius 3 is 3.06 bits per heavy atom. The van der Waals surface area contributed by atoms with E-state index in [1.165, 1.54) is 4.42 Å². The van der Waals surface area contributed by atoms with Crippen molar-refractivity contribution in [2.75, 3.05) is 13.4 Å². The van der Waals surface area contributed by atoms with Crippen LogP contribution in [0.4, 0.5) is 0 Å². The molecule has 92 valence electrons. The molecule has 0 spiro atoms. The number of aliphatic hydroxyl groups excluding tert-OH is 1. The molecule has 2 heterocycles. The Kier molecular flexibility index (Phi) is 3.49. The van der Waals surface area contributed by atoms with Crippen LogP contribution in [0.3, 0.4) is 0 Å². The lowest BCUT2D eigenvalue weighted by molar-refractivity contribution is 0.0628. The number of hydrogen-bond donors (Lipinski definition) is 1. The number of halogens is 2. The van der Waals surface area contributed by atoms with Crippen molar-refractivity contribution in [2.45, 2.75) is 6.10 Å². The summed E-state index contributed by atoms with van der Waals surface area (Å²) in [6, 6.07) is 0. The van der Waals surface area contributed by atoms with E-state index in [-0.39, 0.29) is 31.9 Å². The van der Waals surface area contributed by atoms with E-state index in [1.54, 1.807) is 6.20 Å². The van der Waals surface area contributed by atoms with Gasteiger partial charge in [-0.15, -0.1) is 12.4 Å². The van der Waals surface area contributed by atoms with E-state index in [0.717, 1.165) is 22.6 Å². The Balaban J connectivity index is 0.00000108.